The van der Waals surface area contributed by atoms with Gasteiger partial charge in [-0.15, -0.1) is 0 Å². The first-order valence-electron chi connectivity index (χ1n) is 7.16. The summed E-state index contributed by atoms with van der Waals surface area (Å²) in [6.45, 7) is 0.965. The summed E-state index contributed by atoms with van der Waals surface area (Å²) in [7, 11) is -3.76. The molecule has 1 aromatic heterocycles. The van der Waals surface area contributed by atoms with E-state index in [0.717, 1.165) is 0 Å². The molecule has 6 nitrogen and oxygen atoms in total. The van der Waals surface area contributed by atoms with E-state index in [1.54, 1.807) is 11.0 Å². The van der Waals surface area contributed by atoms with Gasteiger partial charge >= 0.3 is 0 Å². The maximum atomic E-state index is 12.7. The lowest BCUT2D eigenvalue weighted by atomic mass is 10.2. The molecule has 1 fully saturated rings. The van der Waals surface area contributed by atoms with E-state index in [-0.39, 0.29) is 28.9 Å². The van der Waals surface area contributed by atoms with Gasteiger partial charge in [-0.05, 0) is 24.3 Å². The number of hydrogen-bond acceptors (Lipinski definition) is 4. The van der Waals surface area contributed by atoms with Crippen LogP contribution in [0.3, 0.4) is 0 Å². The van der Waals surface area contributed by atoms with E-state index in [4.69, 9.17) is 27.6 Å². The van der Waals surface area contributed by atoms with Crippen LogP contribution in [0, 0.1) is 0 Å². The fourth-order valence-electron chi connectivity index (χ4n) is 2.51. The molecule has 3 rings (SSSR count). The predicted octanol–water partition coefficient (Wildman–Crippen LogP) is 2.73. The second-order valence-electron chi connectivity index (χ2n) is 5.28. The van der Waals surface area contributed by atoms with Crippen molar-refractivity contribution in [2.45, 2.75) is 4.90 Å². The summed E-state index contributed by atoms with van der Waals surface area (Å²) in [6.07, 6.45) is 2.80. The summed E-state index contributed by atoms with van der Waals surface area (Å²) in [5, 5.41) is 0.419. The number of furan rings is 1. The number of benzene rings is 1. The lowest BCUT2D eigenvalue weighted by molar-refractivity contribution is 0.0697. The van der Waals surface area contributed by atoms with Gasteiger partial charge in [0.05, 0.1) is 16.8 Å². The van der Waals surface area contributed by atoms with Crippen LogP contribution < -0.4 is 0 Å². The van der Waals surface area contributed by atoms with Crippen LogP contribution in [-0.2, 0) is 10.0 Å². The van der Waals surface area contributed by atoms with Gasteiger partial charge in [-0.3, -0.25) is 4.79 Å². The van der Waals surface area contributed by atoms with Gasteiger partial charge in [-0.2, -0.15) is 4.31 Å². The van der Waals surface area contributed by atoms with Crippen molar-refractivity contribution in [3.05, 3.63) is 52.4 Å². The number of carbonyl (C=O) groups is 1. The molecule has 0 aliphatic carbocycles. The Balaban J connectivity index is 1.74. The normalized spacial score (nSPS) is 16.3. The van der Waals surface area contributed by atoms with Crippen LogP contribution in [0.2, 0.25) is 10.0 Å². The highest BCUT2D eigenvalue weighted by Crippen LogP contribution is 2.28. The maximum absolute atomic E-state index is 12.7. The average Bonchev–Trinajstić information content (AvgIpc) is 3.11. The molecule has 0 unspecified atom stereocenters. The third-order valence-corrected chi connectivity index (χ3v) is 6.42. The van der Waals surface area contributed by atoms with E-state index in [0.29, 0.717) is 23.7 Å². The van der Waals surface area contributed by atoms with Crippen molar-refractivity contribution in [1.29, 1.82) is 0 Å². The lowest BCUT2D eigenvalue weighted by Crippen LogP contribution is -2.50. The average molecular weight is 389 g/mol. The first-order valence-corrected chi connectivity index (χ1v) is 9.36. The van der Waals surface area contributed by atoms with Gasteiger partial charge in [-0.25, -0.2) is 8.42 Å². The van der Waals surface area contributed by atoms with Gasteiger partial charge < -0.3 is 9.32 Å². The van der Waals surface area contributed by atoms with Crippen LogP contribution in [0.5, 0.6) is 0 Å². The van der Waals surface area contributed by atoms with Crippen LogP contribution in [-0.4, -0.2) is 49.7 Å². The minimum atomic E-state index is -3.76. The molecule has 1 amide bonds. The molecule has 0 spiro atoms. The van der Waals surface area contributed by atoms with Crippen molar-refractivity contribution in [2.75, 3.05) is 26.2 Å². The largest absolute Gasteiger partial charge is 0.472 e. The molecule has 24 heavy (non-hydrogen) atoms. The van der Waals surface area contributed by atoms with Gasteiger partial charge in [0, 0.05) is 31.2 Å². The van der Waals surface area contributed by atoms with Gasteiger partial charge in [0.25, 0.3) is 5.91 Å². The molecule has 1 aromatic carbocycles. The van der Waals surface area contributed by atoms with E-state index in [1.807, 2.05) is 0 Å². The smallest absolute Gasteiger partial charge is 0.257 e. The van der Waals surface area contributed by atoms with Crippen LogP contribution in [0.15, 0.2) is 46.1 Å². The van der Waals surface area contributed by atoms with Crippen molar-refractivity contribution < 1.29 is 17.6 Å². The molecule has 1 aliphatic rings. The summed E-state index contributed by atoms with van der Waals surface area (Å²) < 4.78 is 31.7. The number of rotatable bonds is 3. The molecule has 2 aromatic rings. The zero-order valence-corrected chi connectivity index (χ0v) is 14.8. The second-order valence-corrected chi connectivity index (χ2v) is 8.03. The summed E-state index contributed by atoms with van der Waals surface area (Å²) in [6, 6.07) is 5.90. The van der Waals surface area contributed by atoms with Crippen LogP contribution in [0.25, 0.3) is 0 Å². The van der Waals surface area contributed by atoms with Gasteiger partial charge in [0.15, 0.2) is 0 Å². The predicted molar refractivity (Wildman–Crippen MR) is 89.8 cm³/mol. The van der Waals surface area contributed by atoms with Crippen molar-refractivity contribution in [3.8, 4) is 0 Å². The number of hydrogen-bond donors (Lipinski definition) is 0. The standard InChI is InChI=1S/C15H14Cl2N2O4S/c16-12-1-2-13(17)14(9-12)24(21,22)19-6-4-18(5-7-19)15(20)11-3-8-23-10-11/h1-3,8-10H,4-7H2. The highest BCUT2D eigenvalue weighted by atomic mass is 35.5. The van der Waals surface area contributed by atoms with Crippen molar-refractivity contribution >= 4 is 39.1 Å². The quantitative estimate of drug-likeness (QED) is 0.810. The molecule has 9 heteroatoms. The van der Waals surface area contributed by atoms with Crippen LogP contribution >= 0.6 is 23.2 Å². The zero-order chi connectivity index (χ0) is 17.3. The van der Waals surface area contributed by atoms with Gasteiger partial charge in [0.2, 0.25) is 10.0 Å². The minimum absolute atomic E-state index is 0.0220. The Kier molecular flexibility index (Phi) is 4.87. The Hall–Kier alpha value is -1.54. The summed E-state index contributed by atoms with van der Waals surface area (Å²) >= 11 is 11.9. The number of carbonyl (C=O) groups excluding carboxylic acids is 1. The second kappa shape index (κ2) is 6.76. The number of sulfonamides is 1. The Morgan fingerprint density at radius 3 is 2.42 bits per heavy atom. The number of halogens is 2. The molecule has 128 valence electrons. The van der Waals surface area contributed by atoms with Crippen molar-refractivity contribution in [3.63, 3.8) is 0 Å². The fourth-order valence-corrected chi connectivity index (χ4v) is 4.67. The molecule has 1 aliphatic heterocycles. The first-order chi connectivity index (χ1) is 11.4. The third-order valence-electron chi connectivity index (χ3n) is 3.81. The lowest BCUT2D eigenvalue weighted by Gasteiger charge is -2.34. The Morgan fingerprint density at radius 2 is 1.79 bits per heavy atom. The molecular weight excluding hydrogens is 375 g/mol. The molecule has 0 atom stereocenters. The topological polar surface area (TPSA) is 70.8 Å². The number of amides is 1. The Bertz CT molecular complexity index is 844. The Morgan fingerprint density at radius 1 is 1.08 bits per heavy atom. The molecule has 2 heterocycles. The first kappa shape index (κ1) is 17.3. The summed E-state index contributed by atoms with van der Waals surface area (Å²) in [5.41, 5.74) is 0.448. The van der Waals surface area contributed by atoms with E-state index in [9.17, 15) is 13.2 Å². The van der Waals surface area contributed by atoms with E-state index < -0.39 is 10.0 Å². The SMILES string of the molecule is O=C(c1ccoc1)N1CCN(S(=O)(=O)c2cc(Cl)ccc2Cl)CC1. The minimum Gasteiger partial charge on any atom is -0.472 e. The molecular formula is C15H14Cl2N2O4S. The van der Waals surface area contributed by atoms with E-state index in [2.05, 4.69) is 0 Å². The highest BCUT2D eigenvalue weighted by Gasteiger charge is 2.32. The number of nitrogens with zero attached hydrogens (tertiary/aromatic N) is 2. The number of piperazine rings is 1. The zero-order valence-electron chi connectivity index (χ0n) is 12.5. The summed E-state index contributed by atoms with van der Waals surface area (Å²) in [4.78, 5) is 13.8. The van der Waals surface area contributed by atoms with Crippen molar-refractivity contribution in [2.24, 2.45) is 0 Å². The van der Waals surface area contributed by atoms with E-state index >= 15 is 0 Å². The highest BCUT2D eigenvalue weighted by molar-refractivity contribution is 7.89. The molecule has 1 saturated heterocycles. The van der Waals surface area contributed by atoms with Crippen LogP contribution in [0.4, 0.5) is 0 Å². The monoisotopic (exact) mass is 388 g/mol. The van der Waals surface area contributed by atoms with Crippen molar-refractivity contribution in [1.82, 2.24) is 9.21 Å². The fraction of sp³-hybridized carbons (Fsp3) is 0.267. The molecule has 0 bridgehead atoms. The Labute approximate surface area is 149 Å². The third kappa shape index (κ3) is 3.30. The molecule has 0 N–H and O–H groups in total. The van der Waals surface area contributed by atoms with Gasteiger partial charge in [0.1, 0.15) is 11.2 Å². The van der Waals surface area contributed by atoms with Gasteiger partial charge in [-0.1, -0.05) is 23.2 Å². The molecule has 0 saturated carbocycles. The summed E-state index contributed by atoms with van der Waals surface area (Å²) in [5.74, 6) is -0.179. The maximum Gasteiger partial charge on any atom is 0.257 e. The van der Waals surface area contributed by atoms with E-state index in [1.165, 1.54) is 35.0 Å². The molecule has 0 radical (unpaired) electrons. The van der Waals surface area contributed by atoms with Crippen LogP contribution in [0.1, 0.15) is 10.4 Å².